The molecule has 8 nitrogen and oxygen atoms in total. The van der Waals surface area contributed by atoms with Gasteiger partial charge in [0, 0.05) is 24.8 Å². The lowest BCUT2D eigenvalue weighted by Gasteiger charge is -2.27. The summed E-state index contributed by atoms with van der Waals surface area (Å²) in [6.45, 7) is 2.80. The molecule has 0 aliphatic heterocycles. The highest BCUT2D eigenvalue weighted by Crippen LogP contribution is 2.45. The summed E-state index contributed by atoms with van der Waals surface area (Å²) in [6.07, 6.45) is 1.85. The van der Waals surface area contributed by atoms with Crippen LogP contribution < -0.4 is 0 Å². The Labute approximate surface area is 157 Å². The number of aliphatic hydroxyl groups excluding tert-OH is 1. The summed E-state index contributed by atoms with van der Waals surface area (Å²) in [4.78, 5) is 22.5. The molecule has 1 saturated carbocycles. The standard InChI is InChI=1S/C19H23N3O5/c1-13(23)26-11-19(12-27-14(2)24)8-17(18(25)9-19)22-10-16(20-21-22)15-6-4-3-5-7-15/h3-7,10,17-18,25H,8-9,11-12H2,1-2H3/t17-,18-/m0/s1. The molecule has 1 aliphatic rings. The van der Waals surface area contributed by atoms with Gasteiger partial charge in [-0.05, 0) is 12.8 Å². The summed E-state index contributed by atoms with van der Waals surface area (Å²) < 4.78 is 12.0. The normalized spacial score (nSPS) is 21.0. The smallest absolute Gasteiger partial charge is 0.302 e. The Bertz CT molecular complexity index is 787. The molecule has 1 aromatic carbocycles. The number of benzene rings is 1. The van der Waals surface area contributed by atoms with Gasteiger partial charge >= 0.3 is 11.9 Å². The van der Waals surface area contributed by atoms with Crippen LogP contribution in [0.4, 0.5) is 0 Å². The fraction of sp³-hybridized carbons (Fsp3) is 0.474. The van der Waals surface area contributed by atoms with Crippen LogP contribution in [0.2, 0.25) is 0 Å². The number of hydrogen-bond acceptors (Lipinski definition) is 7. The summed E-state index contributed by atoms with van der Waals surface area (Å²) in [7, 11) is 0. The van der Waals surface area contributed by atoms with Gasteiger partial charge < -0.3 is 14.6 Å². The third kappa shape index (κ3) is 4.51. The zero-order chi connectivity index (χ0) is 19.4. The Morgan fingerprint density at radius 3 is 2.37 bits per heavy atom. The van der Waals surface area contributed by atoms with Gasteiger partial charge in [-0.3, -0.25) is 9.59 Å². The van der Waals surface area contributed by atoms with Crippen molar-refractivity contribution in [3.05, 3.63) is 36.5 Å². The zero-order valence-corrected chi connectivity index (χ0v) is 15.4. The molecule has 0 amide bonds. The van der Waals surface area contributed by atoms with E-state index in [0.717, 1.165) is 5.56 Å². The fourth-order valence-electron chi connectivity index (χ4n) is 3.48. The minimum absolute atomic E-state index is 0.0728. The Morgan fingerprint density at radius 1 is 1.15 bits per heavy atom. The number of aliphatic hydroxyl groups is 1. The minimum Gasteiger partial charge on any atom is -0.465 e. The fourth-order valence-corrected chi connectivity index (χ4v) is 3.48. The lowest BCUT2D eigenvalue weighted by atomic mass is 9.87. The van der Waals surface area contributed by atoms with E-state index < -0.39 is 23.5 Å². The molecule has 1 aromatic heterocycles. The van der Waals surface area contributed by atoms with Crippen molar-refractivity contribution in [1.82, 2.24) is 15.0 Å². The predicted molar refractivity (Wildman–Crippen MR) is 95.4 cm³/mol. The molecule has 0 radical (unpaired) electrons. The Balaban J connectivity index is 1.79. The number of carbonyl (C=O) groups excluding carboxylic acids is 2. The number of rotatable bonds is 6. The van der Waals surface area contributed by atoms with E-state index >= 15 is 0 Å². The molecule has 0 bridgehead atoms. The van der Waals surface area contributed by atoms with Crippen LogP contribution in [0, 0.1) is 5.41 Å². The second kappa shape index (κ2) is 7.87. The highest BCUT2D eigenvalue weighted by Gasteiger charge is 2.48. The maximum Gasteiger partial charge on any atom is 0.302 e. The third-order valence-electron chi connectivity index (χ3n) is 4.81. The number of aromatic nitrogens is 3. The first-order valence-electron chi connectivity index (χ1n) is 8.81. The van der Waals surface area contributed by atoms with Gasteiger partial charge in [0.15, 0.2) is 0 Å². The van der Waals surface area contributed by atoms with Crippen molar-refractivity contribution in [2.75, 3.05) is 13.2 Å². The molecule has 8 heteroatoms. The Kier molecular flexibility index (Phi) is 5.55. The van der Waals surface area contributed by atoms with Gasteiger partial charge in [0.05, 0.1) is 18.3 Å². The molecule has 1 N–H and O–H groups in total. The molecule has 0 unspecified atom stereocenters. The van der Waals surface area contributed by atoms with E-state index in [1.54, 1.807) is 10.9 Å². The van der Waals surface area contributed by atoms with E-state index in [4.69, 9.17) is 9.47 Å². The van der Waals surface area contributed by atoms with Crippen LogP contribution in [0.1, 0.15) is 32.7 Å². The average Bonchev–Trinajstić information content (AvgIpc) is 3.24. The van der Waals surface area contributed by atoms with Crippen molar-refractivity contribution < 1.29 is 24.2 Å². The summed E-state index contributed by atoms with van der Waals surface area (Å²) >= 11 is 0. The lowest BCUT2D eigenvalue weighted by Crippen LogP contribution is -2.32. The van der Waals surface area contributed by atoms with E-state index in [2.05, 4.69) is 10.3 Å². The molecule has 1 fully saturated rings. The summed E-state index contributed by atoms with van der Waals surface area (Å²) in [5.74, 6) is -0.829. The van der Waals surface area contributed by atoms with Crippen LogP contribution in [0.15, 0.2) is 36.5 Å². The van der Waals surface area contributed by atoms with E-state index in [1.807, 2.05) is 30.3 Å². The summed E-state index contributed by atoms with van der Waals surface area (Å²) in [6, 6.07) is 9.29. The maximum atomic E-state index is 11.3. The number of ether oxygens (including phenoxy) is 2. The van der Waals surface area contributed by atoms with Crippen LogP contribution in [0.5, 0.6) is 0 Å². The molecule has 0 spiro atoms. The van der Waals surface area contributed by atoms with Crippen LogP contribution >= 0.6 is 0 Å². The van der Waals surface area contributed by atoms with Gasteiger partial charge in [-0.2, -0.15) is 0 Å². The Morgan fingerprint density at radius 2 is 1.78 bits per heavy atom. The van der Waals surface area contributed by atoms with Gasteiger partial charge in [-0.1, -0.05) is 35.5 Å². The molecule has 3 rings (SSSR count). The third-order valence-corrected chi connectivity index (χ3v) is 4.81. The van der Waals surface area contributed by atoms with E-state index in [-0.39, 0.29) is 19.3 Å². The topological polar surface area (TPSA) is 104 Å². The van der Waals surface area contributed by atoms with Crippen LogP contribution in [-0.2, 0) is 19.1 Å². The van der Waals surface area contributed by atoms with Gasteiger partial charge in [0.25, 0.3) is 0 Å². The predicted octanol–water partition coefficient (Wildman–Crippen LogP) is 1.75. The van der Waals surface area contributed by atoms with Crippen molar-refractivity contribution in [1.29, 1.82) is 0 Å². The van der Waals surface area contributed by atoms with Crippen molar-refractivity contribution >= 4 is 11.9 Å². The van der Waals surface area contributed by atoms with Crippen molar-refractivity contribution in [3.8, 4) is 11.3 Å². The molecule has 0 saturated heterocycles. The summed E-state index contributed by atoms with van der Waals surface area (Å²) in [5, 5.41) is 19.0. The second-order valence-electron chi connectivity index (χ2n) is 7.05. The van der Waals surface area contributed by atoms with Crippen molar-refractivity contribution in [2.45, 2.75) is 38.8 Å². The SMILES string of the molecule is CC(=O)OCC1(COC(C)=O)C[C@H](O)[C@@H](n2cc(-c3ccccc3)nn2)C1. The molecular weight excluding hydrogens is 350 g/mol. The number of esters is 2. The zero-order valence-electron chi connectivity index (χ0n) is 15.4. The molecule has 2 aromatic rings. The monoisotopic (exact) mass is 373 g/mol. The largest absolute Gasteiger partial charge is 0.465 e. The highest BCUT2D eigenvalue weighted by molar-refractivity contribution is 5.66. The number of nitrogens with zero attached hydrogens (tertiary/aromatic N) is 3. The van der Waals surface area contributed by atoms with E-state index in [1.165, 1.54) is 13.8 Å². The van der Waals surface area contributed by atoms with Gasteiger partial charge in [0.2, 0.25) is 0 Å². The number of hydrogen-bond donors (Lipinski definition) is 1. The molecule has 1 heterocycles. The Hall–Kier alpha value is -2.74. The lowest BCUT2D eigenvalue weighted by molar-refractivity contribution is -0.151. The van der Waals surface area contributed by atoms with E-state index in [0.29, 0.717) is 18.5 Å². The minimum atomic E-state index is -0.721. The van der Waals surface area contributed by atoms with Crippen LogP contribution in [0.25, 0.3) is 11.3 Å². The summed E-state index contributed by atoms with van der Waals surface area (Å²) in [5.41, 5.74) is 0.989. The van der Waals surface area contributed by atoms with Crippen molar-refractivity contribution in [3.63, 3.8) is 0 Å². The molecule has 1 aliphatic carbocycles. The van der Waals surface area contributed by atoms with Gasteiger partial charge in [0.1, 0.15) is 18.9 Å². The first-order chi connectivity index (χ1) is 12.9. The van der Waals surface area contributed by atoms with Gasteiger partial charge in [-0.25, -0.2) is 4.68 Å². The van der Waals surface area contributed by atoms with Gasteiger partial charge in [-0.15, -0.1) is 5.10 Å². The number of carbonyl (C=O) groups is 2. The molecule has 144 valence electrons. The quantitative estimate of drug-likeness (QED) is 0.769. The highest BCUT2D eigenvalue weighted by atomic mass is 16.5. The molecule has 27 heavy (non-hydrogen) atoms. The van der Waals surface area contributed by atoms with E-state index in [9.17, 15) is 14.7 Å². The van der Waals surface area contributed by atoms with Crippen LogP contribution in [0.3, 0.4) is 0 Å². The first kappa shape index (κ1) is 19.0. The second-order valence-corrected chi connectivity index (χ2v) is 7.05. The van der Waals surface area contributed by atoms with Crippen LogP contribution in [-0.4, -0.2) is 51.4 Å². The van der Waals surface area contributed by atoms with Crippen molar-refractivity contribution in [2.24, 2.45) is 5.41 Å². The first-order valence-corrected chi connectivity index (χ1v) is 8.81. The molecule has 2 atom stereocenters. The maximum absolute atomic E-state index is 11.3. The average molecular weight is 373 g/mol. The molecular formula is C19H23N3O5.